The van der Waals surface area contributed by atoms with Crippen molar-refractivity contribution in [2.24, 2.45) is 0 Å². The lowest BCUT2D eigenvalue weighted by molar-refractivity contribution is -0.140. The number of fused-ring (bicyclic) bond motifs is 1. The molecule has 2 aromatic heterocycles. The van der Waals surface area contributed by atoms with Gasteiger partial charge in [0, 0.05) is 30.9 Å². The molecule has 1 aromatic carbocycles. The lowest BCUT2D eigenvalue weighted by atomic mass is 9.90. The summed E-state index contributed by atoms with van der Waals surface area (Å²) in [6.07, 6.45) is 0.782. The second-order valence-corrected chi connectivity index (χ2v) is 8.38. The molecule has 1 N–H and O–H groups in total. The highest BCUT2D eigenvalue weighted by molar-refractivity contribution is 5.94. The van der Waals surface area contributed by atoms with Crippen molar-refractivity contribution >= 4 is 17.4 Å². The molecule has 3 aromatic rings. The summed E-state index contributed by atoms with van der Waals surface area (Å²) in [5.74, 6) is 0.620. The van der Waals surface area contributed by atoms with Crippen LogP contribution in [0.3, 0.4) is 0 Å². The number of benzene rings is 1. The molecular formula is C24H27F3N4O. The number of aromatic nitrogens is 2. The molecule has 1 amide bonds. The number of hydrogen-bond acceptors (Lipinski definition) is 3. The smallest absolute Gasteiger partial charge is 0.358 e. The number of hydrogen-bond donors (Lipinski definition) is 1. The van der Waals surface area contributed by atoms with Gasteiger partial charge in [0.25, 0.3) is 5.91 Å². The molecule has 0 unspecified atom stereocenters. The molecule has 1 aliphatic rings. The van der Waals surface area contributed by atoms with Gasteiger partial charge in [0.1, 0.15) is 11.5 Å². The molecule has 0 spiro atoms. The molecule has 2 heterocycles. The van der Waals surface area contributed by atoms with Crippen LogP contribution in [0.2, 0.25) is 0 Å². The highest BCUT2D eigenvalue weighted by Crippen LogP contribution is 2.31. The summed E-state index contributed by atoms with van der Waals surface area (Å²) in [5.41, 5.74) is 1.19. The summed E-state index contributed by atoms with van der Waals surface area (Å²) in [6.45, 7) is 2.06. The maximum Gasteiger partial charge on any atom is 0.434 e. The van der Waals surface area contributed by atoms with Gasteiger partial charge in [-0.1, -0.05) is 25.1 Å². The number of pyridine rings is 1. The Kier molecular flexibility index (Phi) is 6.13. The van der Waals surface area contributed by atoms with E-state index in [2.05, 4.69) is 17.2 Å². The molecule has 5 nitrogen and oxygen atoms in total. The van der Waals surface area contributed by atoms with Crippen LogP contribution in [0.15, 0.2) is 48.7 Å². The number of rotatable bonds is 5. The average molecular weight is 445 g/mol. The molecule has 1 saturated carbocycles. The van der Waals surface area contributed by atoms with E-state index in [1.54, 1.807) is 12.1 Å². The van der Waals surface area contributed by atoms with Crippen LogP contribution in [0.5, 0.6) is 0 Å². The Morgan fingerprint density at radius 1 is 1.16 bits per heavy atom. The summed E-state index contributed by atoms with van der Waals surface area (Å²) < 4.78 is 40.8. The number of alkyl halides is 3. The van der Waals surface area contributed by atoms with Crippen LogP contribution < -0.4 is 10.2 Å². The topological polar surface area (TPSA) is 49.6 Å². The van der Waals surface area contributed by atoms with E-state index in [-0.39, 0.29) is 23.6 Å². The van der Waals surface area contributed by atoms with Crippen molar-refractivity contribution in [2.75, 3.05) is 11.9 Å². The zero-order valence-corrected chi connectivity index (χ0v) is 18.2. The largest absolute Gasteiger partial charge is 0.434 e. The first-order valence-corrected chi connectivity index (χ1v) is 10.9. The Hall–Kier alpha value is -3.03. The van der Waals surface area contributed by atoms with Gasteiger partial charge < -0.3 is 10.2 Å². The maximum absolute atomic E-state index is 13.1. The molecule has 0 bridgehead atoms. The third-order valence-corrected chi connectivity index (χ3v) is 6.30. The number of amides is 1. The predicted molar refractivity (Wildman–Crippen MR) is 118 cm³/mol. The molecule has 1 aliphatic carbocycles. The molecule has 8 heteroatoms. The highest BCUT2D eigenvalue weighted by Gasteiger charge is 2.34. The SMILES string of the molecule is CCc1cccc(C(=O)NC2CCC(N(C)c3cccc4nc(C(F)(F)F)cn34)CC2)c1. The van der Waals surface area contributed by atoms with Gasteiger partial charge in [0.15, 0.2) is 5.69 Å². The van der Waals surface area contributed by atoms with Crippen molar-refractivity contribution < 1.29 is 18.0 Å². The van der Waals surface area contributed by atoms with Crippen molar-refractivity contribution in [3.8, 4) is 0 Å². The molecule has 0 atom stereocenters. The first-order chi connectivity index (χ1) is 15.3. The molecule has 32 heavy (non-hydrogen) atoms. The standard InChI is InChI=1S/C24H27F3N4O/c1-3-16-6-4-7-17(14-16)23(32)28-18-10-12-19(13-11-18)30(2)22-9-5-8-21-29-20(15-31(21)22)24(25,26)27/h4-9,14-15,18-19H,3,10-13H2,1-2H3,(H,28,32). The summed E-state index contributed by atoms with van der Waals surface area (Å²) in [5, 5.41) is 3.14. The van der Waals surface area contributed by atoms with E-state index in [0.29, 0.717) is 11.4 Å². The van der Waals surface area contributed by atoms with Gasteiger partial charge in [-0.25, -0.2) is 4.98 Å². The van der Waals surface area contributed by atoms with Gasteiger partial charge in [-0.05, 0) is 61.9 Å². The fourth-order valence-corrected chi connectivity index (χ4v) is 4.42. The van der Waals surface area contributed by atoms with Crippen molar-refractivity contribution in [1.29, 1.82) is 0 Å². The average Bonchev–Trinajstić information content (AvgIpc) is 3.24. The van der Waals surface area contributed by atoms with Crippen molar-refractivity contribution in [1.82, 2.24) is 14.7 Å². The van der Waals surface area contributed by atoms with Crippen LogP contribution >= 0.6 is 0 Å². The lowest BCUT2D eigenvalue weighted by Crippen LogP contribution is -2.43. The number of nitrogens with zero attached hydrogens (tertiary/aromatic N) is 3. The van der Waals surface area contributed by atoms with Crippen molar-refractivity contribution in [3.05, 3.63) is 65.5 Å². The number of halogens is 3. The number of carbonyl (C=O) groups excluding carboxylic acids is 1. The fourth-order valence-electron chi connectivity index (χ4n) is 4.42. The van der Waals surface area contributed by atoms with Gasteiger partial charge in [-0.15, -0.1) is 0 Å². The predicted octanol–water partition coefficient (Wildman–Crippen LogP) is 5.09. The Balaban J connectivity index is 1.41. The van der Waals surface area contributed by atoms with Gasteiger partial charge in [0.2, 0.25) is 0 Å². The number of imidazole rings is 1. The van der Waals surface area contributed by atoms with Crippen LogP contribution in [0.1, 0.15) is 54.2 Å². The number of aryl methyl sites for hydroxylation is 1. The summed E-state index contributed by atoms with van der Waals surface area (Å²) in [4.78, 5) is 18.4. The molecule has 1 fully saturated rings. The Bertz CT molecular complexity index is 1100. The Morgan fingerprint density at radius 3 is 2.56 bits per heavy atom. The van der Waals surface area contributed by atoms with Gasteiger partial charge in [-0.2, -0.15) is 13.2 Å². The van der Waals surface area contributed by atoms with E-state index in [1.165, 1.54) is 4.40 Å². The third kappa shape index (κ3) is 4.59. The van der Waals surface area contributed by atoms with Crippen molar-refractivity contribution in [3.63, 3.8) is 0 Å². The monoisotopic (exact) mass is 444 g/mol. The van der Waals surface area contributed by atoms with Crippen LogP contribution in [0.4, 0.5) is 19.0 Å². The van der Waals surface area contributed by atoms with Gasteiger partial charge in [0.05, 0.1) is 0 Å². The van der Waals surface area contributed by atoms with Crippen LogP contribution in [0, 0.1) is 0 Å². The summed E-state index contributed by atoms with van der Waals surface area (Å²) in [7, 11) is 1.90. The minimum Gasteiger partial charge on any atom is -0.358 e. The molecule has 0 radical (unpaired) electrons. The summed E-state index contributed by atoms with van der Waals surface area (Å²) in [6, 6.07) is 13.1. The van der Waals surface area contributed by atoms with Crippen LogP contribution in [0.25, 0.3) is 5.65 Å². The molecular weight excluding hydrogens is 417 g/mol. The lowest BCUT2D eigenvalue weighted by Gasteiger charge is -2.36. The molecule has 0 aliphatic heterocycles. The van der Waals surface area contributed by atoms with Crippen LogP contribution in [-0.2, 0) is 12.6 Å². The quantitative estimate of drug-likeness (QED) is 0.596. The van der Waals surface area contributed by atoms with E-state index in [0.717, 1.165) is 43.9 Å². The first-order valence-electron chi connectivity index (χ1n) is 10.9. The number of carbonyl (C=O) groups is 1. The Labute approximate surface area is 185 Å². The zero-order valence-electron chi connectivity index (χ0n) is 18.2. The normalized spacial score (nSPS) is 19.2. The van der Waals surface area contributed by atoms with E-state index >= 15 is 0 Å². The fraction of sp³-hybridized carbons (Fsp3) is 0.417. The number of nitrogens with one attached hydrogen (secondary N) is 1. The van der Waals surface area contributed by atoms with Crippen molar-refractivity contribution in [2.45, 2.75) is 57.3 Å². The minimum atomic E-state index is -4.48. The molecule has 4 rings (SSSR count). The van der Waals surface area contributed by atoms with Crippen LogP contribution in [-0.4, -0.2) is 34.4 Å². The third-order valence-electron chi connectivity index (χ3n) is 6.30. The first kappa shape index (κ1) is 22.2. The van der Waals surface area contributed by atoms with E-state index in [1.807, 2.05) is 42.3 Å². The minimum absolute atomic E-state index is 0.0556. The van der Waals surface area contributed by atoms with Gasteiger partial charge >= 0.3 is 6.18 Å². The Morgan fingerprint density at radius 2 is 1.88 bits per heavy atom. The van der Waals surface area contributed by atoms with E-state index < -0.39 is 11.9 Å². The second kappa shape index (κ2) is 8.84. The maximum atomic E-state index is 13.1. The molecule has 0 saturated heterocycles. The van der Waals surface area contributed by atoms with E-state index in [9.17, 15) is 18.0 Å². The summed E-state index contributed by atoms with van der Waals surface area (Å²) >= 11 is 0. The van der Waals surface area contributed by atoms with E-state index in [4.69, 9.17) is 0 Å². The number of anilines is 1. The second-order valence-electron chi connectivity index (χ2n) is 8.38. The highest BCUT2D eigenvalue weighted by atomic mass is 19.4. The van der Waals surface area contributed by atoms with Gasteiger partial charge in [-0.3, -0.25) is 9.20 Å². The zero-order chi connectivity index (χ0) is 22.9. The molecule has 170 valence electrons.